The summed E-state index contributed by atoms with van der Waals surface area (Å²) in [7, 11) is 1.88. The molecular weight excluding hydrogens is 247 g/mol. The molecule has 0 aromatic carbocycles. The molecule has 0 atom stereocenters. The van der Waals surface area contributed by atoms with Crippen molar-refractivity contribution < 1.29 is 23.0 Å². The Morgan fingerprint density at radius 3 is 2.44 bits per heavy atom. The van der Waals surface area contributed by atoms with Gasteiger partial charge in [0.2, 0.25) is 0 Å². The predicted molar refractivity (Wildman–Crippen MR) is 62.4 cm³/mol. The molecule has 1 rings (SSSR count). The summed E-state index contributed by atoms with van der Waals surface area (Å²) < 4.78 is 39.9. The van der Waals surface area contributed by atoms with Crippen LogP contribution in [0.4, 0.5) is 13.2 Å². The van der Waals surface area contributed by atoms with E-state index in [1.807, 2.05) is 11.9 Å². The average molecular weight is 269 g/mol. The molecule has 0 aromatic rings. The van der Waals surface area contributed by atoms with Crippen molar-refractivity contribution in [1.29, 1.82) is 0 Å². The van der Waals surface area contributed by atoms with Gasteiger partial charge < -0.3 is 14.7 Å². The third kappa shape index (κ3) is 6.56. The Morgan fingerprint density at radius 2 is 1.89 bits per heavy atom. The van der Waals surface area contributed by atoms with E-state index in [1.54, 1.807) is 0 Å². The zero-order chi connectivity index (χ0) is 13.6. The maximum absolute atomic E-state index is 11.8. The van der Waals surface area contributed by atoms with Crippen molar-refractivity contribution in [1.82, 2.24) is 4.90 Å². The highest BCUT2D eigenvalue weighted by molar-refractivity contribution is 4.86. The van der Waals surface area contributed by atoms with Crippen LogP contribution in [0.2, 0.25) is 0 Å². The Hall–Kier alpha value is -0.330. The molecule has 0 unspecified atom stereocenters. The van der Waals surface area contributed by atoms with Crippen LogP contribution in [0.5, 0.6) is 0 Å². The SMILES string of the molecule is CN(CCCOCC(F)(F)F)CC1(O)CCCC1. The summed E-state index contributed by atoms with van der Waals surface area (Å²) in [5.41, 5.74) is -0.596. The van der Waals surface area contributed by atoms with Gasteiger partial charge in [-0.1, -0.05) is 12.8 Å². The van der Waals surface area contributed by atoms with E-state index in [0.717, 1.165) is 25.7 Å². The summed E-state index contributed by atoms with van der Waals surface area (Å²) in [6.07, 6.45) is 0.0511. The van der Waals surface area contributed by atoms with Crippen LogP contribution >= 0.6 is 0 Å². The van der Waals surface area contributed by atoms with Crippen molar-refractivity contribution in [2.24, 2.45) is 0 Å². The van der Waals surface area contributed by atoms with E-state index in [0.29, 0.717) is 19.5 Å². The van der Waals surface area contributed by atoms with Crippen molar-refractivity contribution in [2.45, 2.75) is 43.9 Å². The Labute approximate surface area is 106 Å². The van der Waals surface area contributed by atoms with Crippen molar-refractivity contribution >= 4 is 0 Å². The maximum atomic E-state index is 11.8. The van der Waals surface area contributed by atoms with Crippen molar-refractivity contribution in [3.8, 4) is 0 Å². The smallest absolute Gasteiger partial charge is 0.389 e. The van der Waals surface area contributed by atoms with Gasteiger partial charge in [-0.3, -0.25) is 0 Å². The fraction of sp³-hybridized carbons (Fsp3) is 1.00. The average Bonchev–Trinajstić information content (AvgIpc) is 2.62. The zero-order valence-corrected chi connectivity index (χ0v) is 10.8. The molecule has 1 aliphatic rings. The molecule has 1 fully saturated rings. The third-order valence-corrected chi connectivity index (χ3v) is 3.19. The van der Waals surface area contributed by atoms with Crippen molar-refractivity contribution in [3.63, 3.8) is 0 Å². The standard InChI is InChI=1S/C12H22F3NO2/c1-16(9-11(17)5-2-3-6-11)7-4-8-18-10-12(13,14)15/h17H,2-10H2,1H3. The molecule has 0 aliphatic heterocycles. The summed E-state index contributed by atoms with van der Waals surface area (Å²) in [5.74, 6) is 0. The molecule has 108 valence electrons. The van der Waals surface area contributed by atoms with Crippen LogP contribution in [-0.2, 0) is 4.74 Å². The topological polar surface area (TPSA) is 32.7 Å². The lowest BCUT2D eigenvalue weighted by atomic mass is 10.0. The molecule has 0 heterocycles. The highest BCUT2D eigenvalue weighted by Gasteiger charge is 2.32. The highest BCUT2D eigenvalue weighted by atomic mass is 19.4. The summed E-state index contributed by atoms with van der Waals surface area (Å²) in [5, 5.41) is 10.1. The lowest BCUT2D eigenvalue weighted by molar-refractivity contribution is -0.174. The molecule has 0 amide bonds. The quantitative estimate of drug-likeness (QED) is 0.719. The molecule has 6 heteroatoms. The van der Waals surface area contributed by atoms with Gasteiger partial charge in [0.1, 0.15) is 6.61 Å². The van der Waals surface area contributed by atoms with Gasteiger partial charge in [0.15, 0.2) is 0 Å². The summed E-state index contributed by atoms with van der Waals surface area (Å²) in [6.45, 7) is 0.148. The van der Waals surface area contributed by atoms with Gasteiger partial charge in [0.05, 0.1) is 5.60 Å². The number of halogens is 3. The van der Waals surface area contributed by atoms with Crippen LogP contribution in [-0.4, -0.2) is 55.1 Å². The molecule has 0 bridgehead atoms. The fourth-order valence-corrected chi connectivity index (χ4v) is 2.40. The normalized spacial score (nSPS) is 19.7. The number of rotatable bonds is 7. The first-order chi connectivity index (χ1) is 8.31. The number of aliphatic hydroxyl groups is 1. The van der Waals surface area contributed by atoms with E-state index in [9.17, 15) is 18.3 Å². The molecule has 0 saturated heterocycles. The van der Waals surface area contributed by atoms with E-state index < -0.39 is 18.4 Å². The van der Waals surface area contributed by atoms with Crippen LogP contribution in [0.3, 0.4) is 0 Å². The van der Waals surface area contributed by atoms with Crippen LogP contribution in [0, 0.1) is 0 Å². The number of hydrogen-bond donors (Lipinski definition) is 1. The van der Waals surface area contributed by atoms with Crippen molar-refractivity contribution in [3.05, 3.63) is 0 Å². The molecule has 3 nitrogen and oxygen atoms in total. The van der Waals surface area contributed by atoms with Crippen LogP contribution < -0.4 is 0 Å². The molecule has 1 N–H and O–H groups in total. The first-order valence-corrected chi connectivity index (χ1v) is 6.36. The Balaban J connectivity index is 2.05. The molecule has 18 heavy (non-hydrogen) atoms. The second-order valence-corrected chi connectivity index (χ2v) is 5.19. The summed E-state index contributed by atoms with van der Waals surface area (Å²) in [6, 6.07) is 0. The second kappa shape index (κ2) is 6.73. The molecular formula is C12H22F3NO2. The second-order valence-electron chi connectivity index (χ2n) is 5.19. The number of ether oxygens (including phenoxy) is 1. The van der Waals surface area contributed by atoms with E-state index in [1.165, 1.54) is 0 Å². The number of alkyl halides is 3. The molecule has 0 radical (unpaired) electrons. The highest BCUT2D eigenvalue weighted by Crippen LogP contribution is 2.29. The van der Waals surface area contributed by atoms with Crippen LogP contribution in [0.25, 0.3) is 0 Å². The maximum Gasteiger partial charge on any atom is 0.411 e. The number of hydrogen-bond acceptors (Lipinski definition) is 3. The van der Waals surface area contributed by atoms with Crippen molar-refractivity contribution in [2.75, 3.05) is 33.4 Å². The van der Waals surface area contributed by atoms with E-state index in [-0.39, 0.29) is 6.61 Å². The van der Waals surface area contributed by atoms with Gasteiger partial charge in [-0.15, -0.1) is 0 Å². The minimum absolute atomic E-state index is 0.0995. The molecule has 1 saturated carbocycles. The number of nitrogens with zero attached hydrogens (tertiary/aromatic N) is 1. The van der Waals surface area contributed by atoms with E-state index >= 15 is 0 Å². The minimum Gasteiger partial charge on any atom is -0.389 e. The van der Waals surface area contributed by atoms with Gasteiger partial charge in [0.25, 0.3) is 0 Å². The van der Waals surface area contributed by atoms with Gasteiger partial charge in [-0.2, -0.15) is 13.2 Å². The first-order valence-electron chi connectivity index (χ1n) is 6.36. The van der Waals surface area contributed by atoms with E-state index in [2.05, 4.69) is 4.74 Å². The number of likely N-dealkylation sites (N-methyl/N-ethyl adjacent to an activating group) is 1. The fourth-order valence-electron chi connectivity index (χ4n) is 2.40. The monoisotopic (exact) mass is 269 g/mol. The lowest BCUT2D eigenvalue weighted by Crippen LogP contribution is -2.39. The summed E-state index contributed by atoms with van der Waals surface area (Å²) >= 11 is 0. The molecule has 0 aromatic heterocycles. The predicted octanol–water partition coefficient (Wildman–Crippen LogP) is 2.19. The summed E-state index contributed by atoms with van der Waals surface area (Å²) in [4.78, 5) is 1.96. The lowest BCUT2D eigenvalue weighted by Gasteiger charge is -2.28. The molecule has 0 spiro atoms. The van der Waals surface area contributed by atoms with Gasteiger partial charge in [0, 0.05) is 19.7 Å². The van der Waals surface area contributed by atoms with Gasteiger partial charge in [-0.25, -0.2) is 0 Å². The van der Waals surface area contributed by atoms with Crippen LogP contribution in [0.15, 0.2) is 0 Å². The first kappa shape index (κ1) is 15.7. The largest absolute Gasteiger partial charge is 0.411 e. The zero-order valence-electron chi connectivity index (χ0n) is 10.8. The van der Waals surface area contributed by atoms with Gasteiger partial charge in [-0.05, 0) is 26.3 Å². The Kier molecular flexibility index (Phi) is 5.88. The minimum atomic E-state index is -4.25. The molecule has 1 aliphatic carbocycles. The van der Waals surface area contributed by atoms with E-state index in [4.69, 9.17) is 0 Å². The Morgan fingerprint density at radius 1 is 1.28 bits per heavy atom. The third-order valence-electron chi connectivity index (χ3n) is 3.19. The Bertz CT molecular complexity index is 240. The van der Waals surface area contributed by atoms with Crippen LogP contribution in [0.1, 0.15) is 32.1 Å². The van der Waals surface area contributed by atoms with Gasteiger partial charge >= 0.3 is 6.18 Å².